The first-order chi connectivity index (χ1) is 20.8. The van der Waals surface area contributed by atoms with Gasteiger partial charge in [0, 0.05) is 11.2 Å². The second-order valence-electron chi connectivity index (χ2n) is 13.6. The van der Waals surface area contributed by atoms with Gasteiger partial charge in [0.15, 0.2) is 0 Å². The van der Waals surface area contributed by atoms with Crippen molar-refractivity contribution in [2.45, 2.75) is 83.1 Å². The molecule has 5 rings (SSSR count). The molecule has 3 heteroatoms. The molecule has 0 saturated heterocycles. The number of benzene rings is 4. The Labute approximate surface area is 267 Å². The van der Waals surface area contributed by atoms with Gasteiger partial charge in [-0.25, -0.2) is 0 Å². The van der Waals surface area contributed by atoms with Crippen molar-refractivity contribution < 1.29 is 0 Å². The van der Waals surface area contributed by atoms with Crippen molar-refractivity contribution in [3.8, 4) is 0 Å². The van der Waals surface area contributed by atoms with Crippen LogP contribution in [0.5, 0.6) is 0 Å². The summed E-state index contributed by atoms with van der Waals surface area (Å²) in [6.45, 7) is 27.0. The first kappa shape index (κ1) is 31.6. The summed E-state index contributed by atoms with van der Waals surface area (Å²) in [4.78, 5) is 5.70. The molecule has 0 spiro atoms. The molecular formula is C41H47B2N. The highest BCUT2D eigenvalue weighted by molar-refractivity contribution is 6.98. The third-order valence-corrected chi connectivity index (χ3v) is 9.49. The van der Waals surface area contributed by atoms with Gasteiger partial charge in [0.25, 0.3) is 13.4 Å². The molecule has 0 bridgehead atoms. The van der Waals surface area contributed by atoms with Gasteiger partial charge in [-0.3, -0.25) is 4.98 Å². The van der Waals surface area contributed by atoms with Crippen molar-refractivity contribution in [3.05, 3.63) is 133 Å². The Kier molecular flexibility index (Phi) is 8.81. The van der Waals surface area contributed by atoms with Crippen LogP contribution in [0.15, 0.2) is 66.7 Å². The molecule has 44 heavy (non-hydrogen) atoms. The minimum atomic E-state index is 0.0391. The van der Waals surface area contributed by atoms with Gasteiger partial charge in [-0.15, -0.1) is 0 Å². The number of hydrogen-bond donors (Lipinski definition) is 0. The Bertz CT molecular complexity index is 1560. The molecule has 0 radical (unpaired) electrons. The molecule has 0 aliphatic carbocycles. The molecule has 0 atom stereocenters. The monoisotopic (exact) mass is 575 g/mol. The van der Waals surface area contributed by atoms with E-state index in [9.17, 15) is 0 Å². The van der Waals surface area contributed by atoms with Gasteiger partial charge in [-0.05, 0) is 95.2 Å². The summed E-state index contributed by atoms with van der Waals surface area (Å²) in [7, 11) is 0. The lowest BCUT2D eigenvalue weighted by Gasteiger charge is -2.26. The summed E-state index contributed by atoms with van der Waals surface area (Å²) in [6.07, 6.45) is 0. The molecule has 0 saturated carbocycles. The predicted octanol–water partition coefficient (Wildman–Crippen LogP) is 5.82. The van der Waals surface area contributed by atoms with Crippen molar-refractivity contribution in [3.63, 3.8) is 0 Å². The molecule has 5 aromatic rings. The Morgan fingerprint density at radius 1 is 0.341 bits per heavy atom. The number of nitrogens with zero attached hydrogens (tertiary/aromatic N) is 1. The normalized spacial score (nSPS) is 11.2. The van der Waals surface area contributed by atoms with Gasteiger partial charge in [0.05, 0.1) is 0 Å². The van der Waals surface area contributed by atoms with Crippen molar-refractivity contribution in [1.29, 1.82) is 0 Å². The summed E-state index contributed by atoms with van der Waals surface area (Å²) in [5, 5.41) is 0. The number of aromatic nitrogens is 1. The Balaban J connectivity index is 1.84. The van der Waals surface area contributed by atoms with E-state index in [4.69, 9.17) is 4.98 Å². The van der Waals surface area contributed by atoms with Crippen LogP contribution < -0.4 is 33.0 Å². The van der Waals surface area contributed by atoms with Gasteiger partial charge in [-0.2, -0.15) is 0 Å². The van der Waals surface area contributed by atoms with Crippen LogP contribution in [0.1, 0.15) is 66.8 Å². The van der Waals surface area contributed by atoms with Crippen LogP contribution in [0.3, 0.4) is 0 Å². The number of rotatable bonds is 6. The largest absolute Gasteiger partial charge is 0.276 e. The zero-order chi connectivity index (χ0) is 32.0. The highest BCUT2D eigenvalue weighted by atomic mass is 14.7. The molecule has 0 amide bonds. The summed E-state index contributed by atoms with van der Waals surface area (Å²) in [5.74, 6) is 0. The zero-order valence-corrected chi connectivity index (χ0v) is 29.0. The van der Waals surface area contributed by atoms with E-state index in [2.05, 4.69) is 150 Å². The van der Waals surface area contributed by atoms with E-state index in [1.807, 2.05) is 0 Å². The lowest BCUT2D eigenvalue weighted by atomic mass is 9.34. The van der Waals surface area contributed by atoms with E-state index in [-0.39, 0.29) is 13.4 Å². The fraction of sp³-hybridized carbons (Fsp3) is 0.293. The van der Waals surface area contributed by atoms with Crippen LogP contribution in [0, 0.1) is 83.1 Å². The van der Waals surface area contributed by atoms with Crippen LogP contribution in [0.25, 0.3) is 0 Å². The SMILES string of the molecule is Cc1cc(C)c(B(c2cccc(B(c3c(C)cc(C)cc3C)c3c(C)cc(C)cc3C)n2)c2c(C)cc(C)cc2C)c(C)c1. The fourth-order valence-electron chi connectivity index (χ4n) is 8.26. The van der Waals surface area contributed by atoms with Crippen LogP contribution in [0.2, 0.25) is 0 Å². The lowest BCUT2D eigenvalue weighted by Crippen LogP contribution is -2.61. The second kappa shape index (κ2) is 12.3. The van der Waals surface area contributed by atoms with Crippen LogP contribution >= 0.6 is 0 Å². The molecule has 0 N–H and O–H groups in total. The standard InChI is InChI=1S/C41H47B2N/c1-24-16-28(5)38(29(6)17-24)42(39-30(7)18-25(2)19-31(39)8)36-14-13-15-37(44-36)43(40-32(9)20-26(3)21-33(40)10)41-34(11)22-27(4)23-35(41)12/h13-23H,1-12H3. The molecule has 0 unspecified atom stereocenters. The van der Waals surface area contributed by atoms with Gasteiger partial charge in [-0.1, -0.05) is 143 Å². The molecule has 0 aliphatic heterocycles. The van der Waals surface area contributed by atoms with Crippen molar-refractivity contribution in [2.24, 2.45) is 0 Å². The lowest BCUT2D eigenvalue weighted by molar-refractivity contribution is 1.33. The molecular weight excluding hydrogens is 528 g/mol. The van der Waals surface area contributed by atoms with Gasteiger partial charge < -0.3 is 0 Å². The molecule has 4 aromatic carbocycles. The number of hydrogen-bond acceptors (Lipinski definition) is 1. The summed E-state index contributed by atoms with van der Waals surface area (Å²) >= 11 is 0. The van der Waals surface area contributed by atoms with Crippen LogP contribution in [0.4, 0.5) is 0 Å². The quantitative estimate of drug-likeness (QED) is 0.233. The minimum absolute atomic E-state index is 0.0391. The van der Waals surface area contributed by atoms with E-state index in [1.54, 1.807) is 0 Å². The van der Waals surface area contributed by atoms with Crippen LogP contribution in [-0.2, 0) is 0 Å². The Hall–Kier alpha value is -3.84. The molecule has 1 nitrogen and oxygen atoms in total. The molecule has 1 heterocycles. The van der Waals surface area contributed by atoms with Gasteiger partial charge >= 0.3 is 0 Å². The zero-order valence-electron chi connectivity index (χ0n) is 29.0. The average Bonchev–Trinajstić information content (AvgIpc) is 2.89. The molecule has 222 valence electrons. The smallest absolute Gasteiger partial charge is 0.266 e. The van der Waals surface area contributed by atoms with Crippen molar-refractivity contribution in [1.82, 2.24) is 4.98 Å². The first-order valence-corrected chi connectivity index (χ1v) is 16.0. The van der Waals surface area contributed by atoms with Crippen LogP contribution in [-0.4, -0.2) is 18.4 Å². The van der Waals surface area contributed by atoms with E-state index in [0.29, 0.717) is 0 Å². The third kappa shape index (κ3) is 5.94. The Morgan fingerprint density at radius 3 is 0.750 bits per heavy atom. The number of aryl methyl sites for hydroxylation is 12. The summed E-state index contributed by atoms with van der Waals surface area (Å²) in [5.41, 5.74) is 23.5. The average molecular weight is 575 g/mol. The highest BCUT2D eigenvalue weighted by Gasteiger charge is 2.33. The minimum Gasteiger partial charge on any atom is -0.276 e. The second-order valence-corrected chi connectivity index (χ2v) is 13.6. The maximum absolute atomic E-state index is 5.70. The van der Waals surface area contributed by atoms with Crippen molar-refractivity contribution in [2.75, 3.05) is 0 Å². The summed E-state index contributed by atoms with van der Waals surface area (Å²) in [6, 6.07) is 25.4. The van der Waals surface area contributed by atoms with Crippen molar-refractivity contribution >= 4 is 46.5 Å². The van der Waals surface area contributed by atoms with E-state index in [1.165, 1.54) is 88.6 Å². The molecule has 0 aliphatic rings. The number of pyridine rings is 1. The van der Waals surface area contributed by atoms with Gasteiger partial charge in [0.1, 0.15) is 0 Å². The van der Waals surface area contributed by atoms with E-state index >= 15 is 0 Å². The van der Waals surface area contributed by atoms with E-state index < -0.39 is 0 Å². The maximum atomic E-state index is 5.70. The maximum Gasteiger partial charge on any atom is 0.266 e. The predicted molar refractivity (Wildman–Crippen MR) is 196 cm³/mol. The molecule has 0 fully saturated rings. The highest BCUT2D eigenvalue weighted by Crippen LogP contribution is 2.15. The third-order valence-electron chi connectivity index (χ3n) is 9.49. The summed E-state index contributed by atoms with van der Waals surface area (Å²) < 4.78 is 0. The first-order valence-electron chi connectivity index (χ1n) is 16.0. The Morgan fingerprint density at radius 2 is 0.545 bits per heavy atom. The van der Waals surface area contributed by atoms with E-state index in [0.717, 1.165) is 11.2 Å². The fourth-order valence-corrected chi connectivity index (χ4v) is 8.26. The topological polar surface area (TPSA) is 12.9 Å². The van der Waals surface area contributed by atoms with Gasteiger partial charge in [0.2, 0.25) is 0 Å². The molecule has 1 aromatic heterocycles.